The number of aliphatic carboxylic acids is 1. The summed E-state index contributed by atoms with van der Waals surface area (Å²) in [6.45, 7) is 0.785. The second kappa shape index (κ2) is 5.14. The minimum atomic E-state index is -0.773. The maximum Gasteiger partial charge on any atom is 0.307 e. The van der Waals surface area contributed by atoms with Gasteiger partial charge in [-0.05, 0) is 91.8 Å². The Morgan fingerprint density at radius 2 is 1.42 bits per heavy atom. The van der Waals surface area contributed by atoms with Crippen LogP contribution in [0.25, 0.3) is 0 Å². The predicted octanol–water partition coefficient (Wildman–Crippen LogP) is 3.09. The van der Waals surface area contributed by atoms with E-state index < -0.39 is 11.9 Å². The first-order valence-electron chi connectivity index (χ1n) is 10.7. The van der Waals surface area contributed by atoms with Gasteiger partial charge in [-0.15, -0.1) is 0 Å². The normalized spacial score (nSPS) is 54.8. The van der Waals surface area contributed by atoms with Crippen molar-refractivity contribution in [3.8, 4) is 0 Å². The van der Waals surface area contributed by atoms with E-state index >= 15 is 0 Å². The van der Waals surface area contributed by atoms with Crippen LogP contribution in [-0.4, -0.2) is 23.5 Å². The number of carbonyl (C=O) groups is 2. The van der Waals surface area contributed by atoms with E-state index in [2.05, 4.69) is 17.5 Å². The zero-order chi connectivity index (χ0) is 17.6. The first-order valence-corrected chi connectivity index (χ1v) is 10.7. The number of allylic oxidation sites excluding steroid dienone is 2. The fraction of sp³-hybridized carbons (Fsp3) is 0.818. The lowest BCUT2D eigenvalue weighted by molar-refractivity contribution is -0.153. The molecule has 6 atom stereocenters. The molecule has 0 unspecified atom stereocenters. The Balaban J connectivity index is 1.19. The highest BCUT2D eigenvalue weighted by molar-refractivity contribution is 5.86. The van der Waals surface area contributed by atoms with Gasteiger partial charge in [0, 0.05) is 6.54 Å². The smallest absolute Gasteiger partial charge is 0.307 e. The Morgan fingerprint density at radius 3 is 1.96 bits per heavy atom. The van der Waals surface area contributed by atoms with Crippen molar-refractivity contribution in [2.75, 3.05) is 6.54 Å². The lowest BCUT2D eigenvalue weighted by atomic mass is 9.49. The highest BCUT2D eigenvalue weighted by atomic mass is 16.4. The van der Waals surface area contributed by atoms with Gasteiger partial charge in [-0.25, -0.2) is 0 Å². The van der Waals surface area contributed by atoms with E-state index in [0.29, 0.717) is 17.3 Å². The monoisotopic (exact) mass is 355 g/mol. The third kappa shape index (κ3) is 2.13. The third-order valence-electron chi connectivity index (χ3n) is 9.04. The number of carboxylic acid groups (broad SMARTS) is 1. The molecular weight excluding hydrogens is 326 g/mol. The SMILES string of the molecule is O=C(O)[C@H]1[C@H]2C=C[C@@H]([C@@H]3C[C@H]23)[C@@H]1C(=O)NCC12CC3CC(CC(C3)C1)C2. The highest BCUT2D eigenvalue weighted by Gasteiger charge is 2.63. The summed E-state index contributed by atoms with van der Waals surface area (Å²) in [4.78, 5) is 25.1. The molecule has 0 aliphatic heterocycles. The topological polar surface area (TPSA) is 66.4 Å². The Hall–Kier alpha value is -1.32. The van der Waals surface area contributed by atoms with Gasteiger partial charge < -0.3 is 10.4 Å². The molecule has 4 heteroatoms. The molecule has 6 fully saturated rings. The molecule has 1 amide bonds. The van der Waals surface area contributed by atoms with Crippen LogP contribution in [-0.2, 0) is 9.59 Å². The highest BCUT2D eigenvalue weighted by Crippen LogP contribution is 2.64. The van der Waals surface area contributed by atoms with Crippen molar-refractivity contribution in [2.45, 2.75) is 44.9 Å². The number of carbonyl (C=O) groups excluding carboxylic acids is 1. The molecule has 0 heterocycles. The first kappa shape index (κ1) is 15.7. The predicted molar refractivity (Wildman–Crippen MR) is 95.9 cm³/mol. The molecule has 0 spiro atoms. The summed E-state index contributed by atoms with van der Waals surface area (Å²) in [6, 6.07) is 0. The average Bonchev–Trinajstić information content (AvgIpc) is 3.40. The van der Waals surface area contributed by atoms with E-state index in [-0.39, 0.29) is 23.7 Å². The second-order valence-electron chi connectivity index (χ2n) is 10.6. The van der Waals surface area contributed by atoms with Crippen molar-refractivity contribution >= 4 is 11.9 Å². The Morgan fingerprint density at radius 1 is 0.885 bits per heavy atom. The van der Waals surface area contributed by atoms with E-state index in [1.54, 1.807) is 0 Å². The number of amides is 1. The number of hydrogen-bond acceptors (Lipinski definition) is 2. The van der Waals surface area contributed by atoms with Gasteiger partial charge >= 0.3 is 5.97 Å². The molecular formula is C22H29NO3. The van der Waals surface area contributed by atoms with E-state index in [1.165, 1.54) is 38.5 Å². The van der Waals surface area contributed by atoms with Gasteiger partial charge in [-0.3, -0.25) is 9.59 Å². The van der Waals surface area contributed by atoms with E-state index in [9.17, 15) is 14.7 Å². The fourth-order valence-electron chi connectivity index (χ4n) is 8.47. The maximum absolute atomic E-state index is 13.2. The molecule has 8 aliphatic carbocycles. The fourth-order valence-corrected chi connectivity index (χ4v) is 8.47. The molecule has 4 nitrogen and oxygen atoms in total. The molecule has 26 heavy (non-hydrogen) atoms. The quantitative estimate of drug-likeness (QED) is 0.762. The van der Waals surface area contributed by atoms with Crippen LogP contribution in [0.2, 0.25) is 0 Å². The minimum Gasteiger partial charge on any atom is -0.481 e. The Kier molecular flexibility index (Phi) is 3.11. The number of rotatable bonds is 4. The Labute approximate surface area is 154 Å². The van der Waals surface area contributed by atoms with Crippen LogP contribution < -0.4 is 5.32 Å². The summed E-state index contributed by atoms with van der Waals surface area (Å²) >= 11 is 0. The summed E-state index contributed by atoms with van der Waals surface area (Å²) in [5.41, 5.74) is 0.314. The van der Waals surface area contributed by atoms with Crippen molar-refractivity contribution in [1.82, 2.24) is 5.32 Å². The number of fused-ring (bicyclic) bond motifs is 1. The third-order valence-corrected chi connectivity index (χ3v) is 9.04. The summed E-state index contributed by atoms with van der Waals surface area (Å²) in [7, 11) is 0. The van der Waals surface area contributed by atoms with Crippen molar-refractivity contribution in [3.05, 3.63) is 12.2 Å². The van der Waals surface area contributed by atoms with Crippen LogP contribution in [0.15, 0.2) is 12.2 Å². The molecule has 2 N–H and O–H groups in total. The van der Waals surface area contributed by atoms with Crippen LogP contribution in [0.3, 0.4) is 0 Å². The van der Waals surface area contributed by atoms with Gasteiger partial charge in [0.1, 0.15) is 0 Å². The summed E-state index contributed by atoms with van der Waals surface area (Å²) in [5, 5.41) is 13.1. The standard InChI is InChI=1S/C22H29NO3/c24-20(18-14-1-2-15(17-6-16(14)17)19(18)21(25)26)23-10-22-7-11-3-12(8-22)5-13(4-11)9-22/h1-2,11-19H,3-10H2,(H,23,24)(H,25,26)/t11?,12?,13?,14-,15-,16-,17+,18-,19-,22?/m0/s1. The van der Waals surface area contributed by atoms with Crippen LogP contribution in [0.4, 0.5) is 0 Å². The van der Waals surface area contributed by atoms with Crippen molar-refractivity contribution in [3.63, 3.8) is 0 Å². The van der Waals surface area contributed by atoms with Crippen LogP contribution in [0.1, 0.15) is 44.9 Å². The van der Waals surface area contributed by atoms with Gasteiger partial charge in [-0.2, -0.15) is 0 Å². The zero-order valence-corrected chi connectivity index (χ0v) is 15.3. The van der Waals surface area contributed by atoms with E-state index in [4.69, 9.17) is 0 Å². The molecule has 140 valence electrons. The molecule has 6 bridgehead atoms. The summed E-state index contributed by atoms with van der Waals surface area (Å²) < 4.78 is 0. The zero-order valence-electron chi connectivity index (χ0n) is 15.3. The molecule has 0 aromatic rings. The maximum atomic E-state index is 13.2. The van der Waals surface area contributed by atoms with E-state index in [0.717, 1.165) is 30.7 Å². The Bertz CT molecular complexity index is 662. The molecule has 8 aliphatic rings. The summed E-state index contributed by atoms with van der Waals surface area (Å²) in [6.07, 6.45) is 13.4. The first-order chi connectivity index (χ1) is 12.5. The van der Waals surface area contributed by atoms with Crippen molar-refractivity contribution in [2.24, 2.45) is 58.7 Å². The van der Waals surface area contributed by atoms with Crippen molar-refractivity contribution < 1.29 is 14.7 Å². The van der Waals surface area contributed by atoms with Gasteiger partial charge in [-0.1, -0.05) is 12.2 Å². The van der Waals surface area contributed by atoms with Gasteiger partial charge in [0.2, 0.25) is 5.91 Å². The molecule has 6 saturated carbocycles. The summed E-state index contributed by atoms with van der Waals surface area (Å²) in [5.74, 6) is 2.37. The van der Waals surface area contributed by atoms with Gasteiger partial charge in [0.15, 0.2) is 0 Å². The van der Waals surface area contributed by atoms with Crippen LogP contribution in [0.5, 0.6) is 0 Å². The van der Waals surface area contributed by atoms with Crippen molar-refractivity contribution in [1.29, 1.82) is 0 Å². The van der Waals surface area contributed by atoms with Crippen LogP contribution >= 0.6 is 0 Å². The van der Waals surface area contributed by atoms with Gasteiger partial charge in [0.25, 0.3) is 0 Å². The molecule has 0 saturated heterocycles. The molecule has 0 aromatic heterocycles. The largest absolute Gasteiger partial charge is 0.481 e. The van der Waals surface area contributed by atoms with Crippen LogP contribution in [0, 0.1) is 58.7 Å². The van der Waals surface area contributed by atoms with E-state index in [1.807, 2.05) is 0 Å². The number of carboxylic acids is 1. The molecule has 0 radical (unpaired) electrons. The lowest BCUT2D eigenvalue weighted by Crippen LogP contribution is -2.54. The lowest BCUT2D eigenvalue weighted by Gasteiger charge is -2.57. The van der Waals surface area contributed by atoms with Gasteiger partial charge in [0.05, 0.1) is 11.8 Å². The number of hydrogen-bond donors (Lipinski definition) is 2. The number of nitrogens with one attached hydrogen (secondary N) is 1. The average molecular weight is 355 g/mol. The molecule has 0 aromatic carbocycles. The second-order valence-corrected chi connectivity index (χ2v) is 10.6. The molecule has 8 rings (SSSR count). The minimum absolute atomic E-state index is 0.0258.